The van der Waals surface area contributed by atoms with Crippen molar-refractivity contribution >= 4 is 0 Å². The molecule has 0 heterocycles. The Labute approximate surface area is 184 Å². The highest BCUT2D eigenvalue weighted by molar-refractivity contribution is 4.52. The van der Waals surface area contributed by atoms with Gasteiger partial charge in [0.15, 0.2) is 0 Å². The van der Waals surface area contributed by atoms with E-state index in [2.05, 4.69) is 0 Å². The maximum atomic E-state index is 1.50. The van der Waals surface area contributed by atoms with Crippen LogP contribution in [0.4, 0.5) is 0 Å². The van der Waals surface area contributed by atoms with Crippen LogP contribution in [-0.2, 0) is 0 Å². The molecule has 0 amide bonds. The van der Waals surface area contributed by atoms with Gasteiger partial charge in [-0.05, 0) is 0 Å². The molecule has 4 rings (SSSR count). The molecule has 0 atom stereocenters. The van der Waals surface area contributed by atoms with E-state index in [9.17, 15) is 0 Å². The van der Waals surface area contributed by atoms with Crippen LogP contribution >= 0.6 is 0 Å². The van der Waals surface area contributed by atoms with Crippen LogP contribution in [0.25, 0.3) is 0 Å². The standard InChI is InChI=1S/4C6H12.4CH4/c4*1-2-4-6-5-3-1;;;;/h4*1-6H2;4*1H4. The van der Waals surface area contributed by atoms with Crippen molar-refractivity contribution in [3.8, 4) is 0 Å². The second-order valence-electron chi connectivity index (χ2n) is 8.49. The molecule has 0 heteroatoms. The highest BCUT2D eigenvalue weighted by atomic mass is 14.0. The van der Waals surface area contributed by atoms with Crippen molar-refractivity contribution < 1.29 is 0 Å². The van der Waals surface area contributed by atoms with E-state index in [0.29, 0.717) is 0 Å². The second kappa shape index (κ2) is 31.7. The van der Waals surface area contributed by atoms with Crippen molar-refractivity contribution in [2.75, 3.05) is 0 Å². The monoisotopic (exact) mass is 401 g/mol. The van der Waals surface area contributed by atoms with Crippen LogP contribution in [0.3, 0.4) is 0 Å². The van der Waals surface area contributed by atoms with E-state index >= 15 is 0 Å². The number of hydrogen-bond acceptors (Lipinski definition) is 0. The zero-order chi connectivity index (χ0) is 17.0. The van der Waals surface area contributed by atoms with Crippen LogP contribution in [0.2, 0.25) is 0 Å². The molecule has 0 bridgehead atoms. The number of rotatable bonds is 0. The van der Waals surface area contributed by atoms with Gasteiger partial charge in [-0.3, -0.25) is 0 Å². The summed E-state index contributed by atoms with van der Waals surface area (Å²) in [6.07, 6.45) is 36.0. The third-order valence-electron chi connectivity index (χ3n) is 6.00. The van der Waals surface area contributed by atoms with Gasteiger partial charge in [-0.2, -0.15) is 0 Å². The third-order valence-corrected chi connectivity index (χ3v) is 6.00. The molecule has 4 aliphatic carbocycles. The molecule has 0 aromatic rings. The Bertz CT molecular complexity index is 110. The summed E-state index contributed by atoms with van der Waals surface area (Å²) < 4.78 is 0. The molecule has 4 saturated carbocycles. The quantitative estimate of drug-likeness (QED) is 0.379. The molecule has 0 spiro atoms. The summed E-state index contributed by atoms with van der Waals surface area (Å²) in [5.41, 5.74) is 0. The second-order valence-corrected chi connectivity index (χ2v) is 8.49. The molecule has 176 valence electrons. The van der Waals surface area contributed by atoms with Crippen molar-refractivity contribution in [2.45, 2.75) is 184 Å². The van der Waals surface area contributed by atoms with E-state index in [4.69, 9.17) is 0 Å². The molecule has 0 nitrogen and oxygen atoms in total. The lowest BCUT2D eigenvalue weighted by atomic mass is 10.0. The normalized spacial score (nSPS) is 20.6. The average molecular weight is 401 g/mol. The van der Waals surface area contributed by atoms with E-state index in [-0.39, 0.29) is 29.7 Å². The van der Waals surface area contributed by atoms with Crippen LogP contribution in [0.1, 0.15) is 184 Å². The van der Waals surface area contributed by atoms with Crippen molar-refractivity contribution in [3.05, 3.63) is 0 Å². The van der Waals surface area contributed by atoms with Gasteiger partial charge >= 0.3 is 0 Å². The molecule has 0 unspecified atom stereocenters. The van der Waals surface area contributed by atoms with E-state index < -0.39 is 0 Å². The molecule has 0 radical (unpaired) electrons. The molecular weight excluding hydrogens is 336 g/mol. The molecule has 4 fully saturated rings. The first-order valence-corrected chi connectivity index (χ1v) is 12.0. The summed E-state index contributed by atoms with van der Waals surface area (Å²) in [5, 5.41) is 0. The summed E-state index contributed by atoms with van der Waals surface area (Å²) in [6, 6.07) is 0. The van der Waals surface area contributed by atoms with E-state index in [1.54, 1.807) is 0 Å². The maximum absolute atomic E-state index is 1.50. The Morgan fingerprint density at radius 2 is 0.143 bits per heavy atom. The fraction of sp³-hybridized carbons (Fsp3) is 1.00. The predicted octanol–water partition coefficient (Wildman–Crippen LogP) is 11.9. The first kappa shape index (κ1) is 35.4. The van der Waals surface area contributed by atoms with Crippen molar-refractivity contribution in [2.24, 2.45) is 0 Å². The number of hydrogen-bond donors (Lipinski definition) is 0. The molecule has 0 aromatic heterocycles. The van der Waals surface area contributed by atoms with Crippen molar-refractivity contribution in [1.29, 1.82) is 0 Å². The molecular formula is C28H64. The van der Waals surface area contributed by atoms with Gasteiger partial charge in [0, 0.05) is 0 Å². The van der Waals surface area contributed by atoms with Gasteiger partial charge in [-0.1, -0.05) is 184 Å². The van der Waals surface area contributed by atoms with E-state index in [1.807, 2.05) is 0 Å². The first-order valence-electron chi connectivity index (χ1n) is 12.0. The van der Waals surface area contributed by atoms with E-state index in [1.165, 1.54) is 154 Å². The SMILES string of the molecule is C.C.C.C.C1CCCCC1.C1CCCCC1.C1CCCCC1.C1CCCCC1. The minimum atomic E-state index is 0. The Morgan fingerprint density at radius 1 is 0.107 bits per heavy atom. The third kappa shape index (κ3) is 28.2. The van der Waals surface area contributed by atoms with Gasteiger partial charge in [0.2, 0.25) is 0 Å². The van der Waals surface area contributed by atoms with Crippen molar-refractivity contribution in [1.82, 2.24) is 0 Å². The van der Waals surface area contributed by atoms with Gasteiger partial charge in [0.1, 0.15) is 0 Å². The first-order chi connectivity index (χ1) is 12.0. The van der Waals surface area contributed by atoms with Crippen LogP contribution in [0, 0.1) is 0 Å². The fourth-order valence-corrected chi connectivity index (χ4v) is 4.24. The highest BCUT2D eigenvalue weighted by Gasteiger charge is 1.97. The topological polar surface area (TPSA) is 0 Å². The predicted molar refractivity (Wildman–Crippen MR) is 138 cm³/mol. The molecule has 0 aliphatic heterocycles. The summed E-state index contributed by atoms with van der Waals surface area (Å²) in [7, 11) is 0. The smallest absolute Gasteiger partial charge is 0.0533 e. The van der Waals surface area contributed by atoms with Crippen LogP contribution in [0.5, 0.6) is 0 Å². The Hall–Kier alpha value is 0. The molecule has 0 saturated heterocycles. The Kier molecular flexibility index (Phi) is 40.1. The summed E-state index contributed by atoms with van der Waals surface area (Å²) in [4.78, 5) is 0. The van der Waals surface area contributed by atoms with Gasteiger partial charge in [0.05, 0.1) is 0 Å². The van der Waals surface area contributed by atoms with Crippen LogP contribution in [0.15, 0.2) is 0 Å². The largest absolute Gasteiger partial charge is 0.0776 e. The molecule has 0 aromatic carbocycles. The van der Waals surface area contributed by atoms with Gasteiger partial charge < -0.3 is 0 Å². The van der Waals surface area contributed by atoms with Gasteiger partial charge in [-0.15, -0.1) is 0 Å². The Morgan fingerprint density at radius 3 is 0.179 bits per heavy atom. The molecule has 4 aliphatic rings. The average Bonchev–Trinajstić information content (AvgIpc) is 2.75. The van der Waals surface area contributed by atoms with Gasteiger partial charge in [0.25, 0.3) is 0 Å². The highest BCUT2D eigenvalue weighted by Crippen LogP contribution is 2.17. The lowest BCUT2D eigenvalue weighted by molar-refractivity contribution is 0.504. The Balaban J connectivity index is -0.000000131. The fourth-order valence-electron chi connectivity index (χ4n) is 4.24. The zero-order valence-corrected chi connectivity index (χ0v) is 17.0. The summed E-state index contributed by atoms with van der Waals surface area (Å²) in [5.74, 6) is 0. The van der Waals surface area contributed by atoms with Crippen LogP contribution in [-0.4, -0.2) is 0 Å². The van der Waals surface area contributed by atoms with Crippen LogP contribution < -0.4 is 0 Å². The minimum Gasteiger partial charge on any atom is -0.0776 e. The lowest BCUT2D eigenvalue weighted by Gasteiger charge is -2.05. The van der Waals surface area contributed by atoms with Gasteiger partial charge in [-0.25, -0.2) is 0 Å². The minimum absolute atomic E-state index is 0. The summed E-state index contributed by atoms with van der Waals surface area (Å²) >= 11 is 0. The lowest BCUT2D eigenvalue weighted by Crippen LogP contribution is -1.85. The zero-order valence-electron chi connectivity index (χ0n) is 17.0. The summed E-state index contributed by atoms with van der Waals surface area (Å²) in [6.45, 7) is 0. The molecule has 0 N–H and O–H groups in total. The molecule has 28 heavy (non-hydrogen) atoms. The van der Waals surface area contributed by atoms with Crippen molar-refractivity contribution in [3.63, 3.8) is 0 Å². The maximum Gasteiger partial charge on any atom is -0.0533 e. The van der Waals surface area contributed by atoms with E-state index in [0.717, 1.165) is 0 Å².